The smallest absolute Gasteiger partial charge is 0.306 e. The van der Waals surface area contributed by atoms with Gasteiger partial charge in [0.25, 0.3) is 0 Å². The summed E-state index contributed by atoms with van der Waals surface area (Å²) in [6.07, 6.45) is 1.12. The minimum absolute atomic E-state index is 0.255. The van der Waals surface area contributed by atoms with Gasteiger partial charge in [-0.15, -0.1) is 0 Å². The van der Waals surface area contributed by atoms with E-state index in [1.807, 2.05) is 11.0 Å². The molecule has 0 saturated carbocycles. The SMILES string of the molecule is COCCNCc1ccc(F)c(N2CCC(C(=O)O)CC2)c1. The molecule has 122 valence electrons. The molecule has 0 unspecified atom stereocenters. The van der Waals surface area contributed by atoms with Gasteiger partial charge < -0.3 is 20.1 Å². The van der Waals surface area contributed by atoms with Crippen molar-refractivity contribution in [3.05, 3.63) is 29.6 Å². The first-order valence-corrected chi connectivity index (χ1v) is 7.57. The summed E-state index contributed by atoms with van der Waals surface area (Å²) in [5.74, 6) is -1.32. The second kappa shape index (κ2) is 8.10. The van der Waals surface area contributed by atoms with Crippen molar-refractivity contribution in [3.8, 4) is 0 Å². The highest BCUT2D eigenvalue weighted by atomic mass is 19.1. The monoisotopic (exact) mass is 310 g/mol. The Balaban J connectivity index is 1.97. The zero-order chi connectivity index (χ0) is 15.9. The third-order valence-electron chi connectivity index (χ3n) is 4.01. The molecule has 1 aromatic rings. The van der Waals surface area contributed by atoms with Gasteiger partial charge in [-0.05, 0) is 30.5 Å². The number of hydrogen-bond acceptors (Lipinski definition) is 4. The number of hydrogen-bond donors (Lipinski definition) is 2. The first-order chi connectivity index (χ1) is 10.6. The number of carbonyl (C=O) groups is 1. The van der Waals surface area contributed by atoms with Crippen molar-refractivity contribution in [3.63, 3.8) is 0 Å². The van der Waals surface area contributed by atoms with Crippen LogP contribution in [0.1, 0.15) is 18.4 Å². The Kier molecular flexibility index (Phi) is 6.15. The number of anilines is 1. The van der Waals surface area contributed by atoms with E-state index in [1.54, 1.807) is 13.2 Å². The minimum atomic E-state index is -0.754. The van der Waals surface area contributed by atoms with E-state index in [2.05, 4.69) is 5.32 Å². The third-order valence-corrected chi connectivity index (χ3v) is 4.01. The molecule has 0 spiro atoms. The van der Waals surface area contributed by atoms with Crippen LogP contribution in [0.2, 0.25) is 0 Å². The molecule has 1 aromatic carbocycles. The van der Waals surface area contributed by atoms with E-state index in [1.165, 1.54) is 6.07 Å². The van der Waals surface area contributed by atoms with Crippen molar-refractivity contribution >= 4 is 11.7 Å². The highest BCUT2D eigenvalue weighted by molar-refractivity contribution is 5.70. The number of rotatable bonds is 7. The molecule has 1 saturated heterocycles. The van der Waals surface area contributed by atoms with Gasteiger partial charge in [0.15, 0.2) is 0 Å². The average molecular weight is 310 g/mol. The van der Waals surface area contributed by atoms with Crippen LogP contribution in [-0.4, -0.2) is 44.4 Å². The highest BCUT2D eigenvalue weighted by Gasteiger charge is 2.25. The molecule has 2 rings (SSSR count). The predicted molar refractivity (Wildman–Crippen MR) is 82.6 cm³/mol. The molecule has 0 amide bonds. The van der Waals surface area contributed by atoms with Crippen molar-refractivity contribution < 1.29 is 19.0 Å². The molecule has 1 fully saturated rings. The van der Waals surface area contributed by atoms with E-state index in [4.69, 9.17) is 9.84 Å². The molecule has 0 aromatic heterocycles. The number of halogens is 1. The molecule has 1 heterocycles. The molecular weight excluding hydrogens is 287 g/mol. The number of aliphatic carboxylic acids is 1. The summed E-state index contributed by atoms with van der Waals surface area (Å²) in [4.78, 5) is 12.9. The van der Waals surface area contributed by atoms with Crippen molar-refractivity contribution in [1.29, 1.82) is 0 Å². The van der Waals surface area contributed by atoms with Crippen LogP contribution in [0.4, 0.5) is 10.1 Å². The van der Waals surface area contributed by atoms with Crippen molar-refractivity contribution in [2.45, 2.75) is 19.4 Å². The molecule has 1 aliphatic heterocycles. The molecule has 2 N–H and O–H groups in total. The maximum Gasteiger partial charge on any atom is 0.306 e. The second-order valence-electron chi connectivity index (χ2n) is 5.55. The molecule has 1 aliphatic rings. The lowest BCUT2D eigenvalue weighted by atomic mass is 9.96. The van der Waals surface area contributed by atoms with Gasteiger partial charge in [0, 0.05) is 33.3 Å². The summed E-state index contributed by atoms with van der Waals surface area (Å²) < 4.78 is 19.0. The van der Waals surface area contributed by atoms with Crippen molar-refractivity contribution in [2.24, 2.45) is 5.92 Å². The van der Waals surface area contributed by atoms with Gasteiger partial charge in [-0.3, -0.25) is 4.79 Å². The van der Waals surface area contributed by atoms with Crippen LogP contribution in [0.3, 0.4) is 0 Å². The summed E-state index contributed by atoms with van der Waals surface area (Å²) in [6, 6.07) is 5.09. The Morgan fingerprint density at radius 3 is 2.82 bits per heavy atom. The maximum atomic E-state index is 14.1. The summed E-state index contributed by atoms with van der Waals surface area (Å²) in [5, 5.41) is 12.3. The predicted octanol–water partition coefficient (Wildman–Crippen LogP) is 1.86. The second-order valence-corrected chi connectivity index (χ2v) is 5.55. The topological polar surface area (TPSA) is 61.8 Å². The lowest BCUT2D eigenvalue weighted by Crippen LogP contribution is -2.36. The van der Waals surface area contributed by atoms with Crippen LogP contribution in [-0.2, 0) is 16.1 Å². The first kappa shape index (κ1) is 16.7. The van der Waals surface area contributed by atoms with Crippen LogP contribution >= 0.6 is 0 Å². The Morgan fingerprint density at radius 2 is 2.18 bits per heavy atom. The van der Waals surface area contributed by atoms with Gasteiger partial charge in [0.2, 0.25) is 0 Å². The van der Waals surface area contributed by atoms with Gasteiger partial charge in [-0.2, -0.15) is 0 Å². The summed E-state index contributed by atoms with van der Waals surface area (Å²) in [5.41, 5.74) is 1.57. The van der Waals surface area contributed by atoms with E-state index < -0.39 is 5.97 Å². The van der Waals surface area contributed by atoms with Crippen LogP contribution in [0.25, 0.3) is 0 Å². The highest BCUT2D eigenvalue weighted by Crippen LogP contribution is 2.26. The van der Waals surface area contributed by atoms with Crippen LogP contribution in [0, 0.1) is 11.7 Å². The Morgan fingerprint density at radius 1 is 1.45 bits per heavy atom. The fourth-order valence-electron chi connectivity index (χ4n) is 2.68. The summed E-state index contributed by atoms with van der Waals surface area (Å²) in [7, 11) is 1.65. The molecular formula is C16H23FN2O3. The standard InChI is InChI=1S/C16H23FN2O3/c1-22-9-6-18-11-12-2-3-14(17)15(10-12)19-7-4-13(5-8-19)16(20)21/h2-3,10,13,18H,4-9,11H2,1H3,(H,20,21). The maximum absolute atomic E-state index is 14.1. The Labute approximate surface area is 130 Å². The first-order valence-electron chi connectivity index (χ1n) is 7.57. The number of methoxy groups -OCH3 is 1. The zero-order valence-corrected chi connectivity index (χ0v) is 12.8. The number of nitrogens with one attached hydrogen (secondary N) is 1. The van der Waals surface area contributed by atoms with Crippen LogP contribution in [0.5, 0.6) is 0 Å². The largest absolute Gasteiger partial charge is 0.481 e. The van der Waals surface area contributed by atoms with E-state index in [9.17, 15) is 9.18 Å². The van der Waals surface area contributed by atoms with E-state index in [0.29, 0.717) is 44.8 Å². The number of carboxylic acids is 1. The molecule has 6 heteroatoms. The molecule has 22 heavy (non-hydrogen) atoms. The number of nitrogens with zero attached hydrogens (tertiary/aromatic N) is 1. The van der Waals surface area contributed by atoms with Crippen molar-refractivity contribution in [2.75, 3.05) is 38.3 Å². The Bertz CT molecular complexity index is 502. The molecule has 0 bridgehead atoms. The van der Waals surface area contributed by atoms with Crippen LogP contribution < -0.4 is 10.2 Å². The molecule has 0 aliphatic carbocycles. The molecule has 0 radical (unpaired) electrons. The van der Waals surface area contributed by atoms with E-state index >= 15 is 0 Å². The van der Waals surface area contributed by atoms with Gasteiger partial charge in [-0.25, -0.2) is 4.39 Å². The van der Waals surface area contributed by atoms with Crippen LogP contribution in [0.15, 0.2) is 18.2 Å². The number of carboxylic acid groups (broad SMARTS) is 1. The third kappa shape index (κ3) is 4.42. The zero-order valence-electron chi connectivity index (χ0n) is 12.8. The van der Waals surface area contributed by atoms with E-state index in [0.717, 1.165) is 12.1 Å². The number of piperidine rings is 1. The average Bonchev–Trinajstić information content (AvgIpc) is 2.53. The molecule has 0 atom stereocenters. The lowest BCUT2D eigenvalue weighted by molar-refractivity contribution is -0.142. The fraction of sp³-hybridized carbons (Fsp3) is 0.562. The van der Waals surface area contributed by atoms with Gasteiger partial charge in [0.1, 0.15) is 5.82 Å². The van der Waals surface area contributed by atoms with Gasteiger partial charge >= 0.3 is 5.97 Å². The van der Waals surface area contributed by atoms with E-state index in [-0.39, 0.29) is 11.7 Å². The normalized spacial score (nSPS) is 16.0. The lowest BCUT2D eigenvalue weighted by Gasteiger charge is -2.32. The Hall–Kier alpha value is -1.66. The molecule has 5 nitrogen and oxygen atoms in total. The van der Waals surface area contributed by atoms with Gasteiger partial charge in [0.05, 0.1) is 18.2 Å². The number of ether oxygens (including phenoxy) is 1. The number of benzene rings is 1. The van der Waals surface area contributed by atoms with Crippen molar-refractivity contribution in [1.82, 2.24) is 5.32 Å². The summed E-state index contributed by atoms with van der Waals surface area (Å²) >= 11 is 0. The quantitative estimate of drug-likeness (QED) is 0.753. The minimum Gasteiger partial charge on any atom is -0.481 e. The van der Waals surface area contributed by atoms with Gasteiger partial charge in [-0.1, -0.05) is 6.07 Å². The summed E-state index contributed by atoms with van der Waals surface area (Å²) in [6.45, 7) is 3.19. The fourth-order valence-corrected chi connectivity index (χ4v) is 2.68.